The second kappa shape index (κ2) is 10.7. The van der Waals surface area contributed by atoms with Crippen LogP contribution in [0.5, 0.6) is 11.5 Å². The van der Waals surface area contributed by atoms with E-state index in [1.54, 1.807) is 31.2 Å². The van der Waals surface area contributed by atoms with Crippen molar-refractivity contribution in [3.63, 3.8) is 0 Å². The molecule has 2 aromatic rings. The van der Waals surface area contributed by atoms with Gasteiger partial charge in [0.15, 0.2) is 11.5 Å². The molecule has 9 heteroatoms. The summed E-state index contributed by atoms with van der Waals surface area (Å²) in [5.41, 5.74) is 0.386. The molecule has 0 aliphatic carbocycles. The van der Waals surface area contributed by atoms with Crippen LogP contribution < -0.4 is 19.5 Å². The fourth-order valence-corrected chi connectivity index (χ4v) is 3.63. The Balaban J connectivity index is 2.30. The predicted molar refractivity (Wildman–Crippen MR) is 110 cm³/mol. The van der Waals surface area contributed by atoms with Gasteiger partial charge in [-0.3, -0.25) is 9.52 Å². The van der Waals surface area contributed by atoms with E-state index in [0.29, 0.717) is 37.9 Å². The van der Waals surface area contributed by atoms with Crippen molar-refractivity contribution in [2.75, 3.05) is 38.2 Å². The Labute approximate surface area is 171 Å². The molecule has 0 fully saturated rings. The van der Waals surface area contributed by atoms with Crippen LogP contribution in [0.15, 0.2) is 47.4 Å². The number of methoxy groups -OCH3 is 1. The number of hydrogen-bond acceptors (Lipinski definition) is 6. The van der Waals surface area contributed by atoms with E-state index in [1.807, 2.05) is 6.92 Å². The van der Waals surface area contributed by atoms with Gasteiger partial charge in [0.25, 0.3) is 15.9 Å². The monoisotopic (exact) mass is 422 g/mol. The van der Waals surface area contributed by atoms with Gasteiger partial charge in [0.1, 0.15) is 0 Å². The number of hydrogen-bond donors (Lipinski definition) is 2. The molecule has 0 aliphatic heterocycles. The SMILES string of the molecule is CCOc1ccc(S(=O)(=O)Nc2ccccc2C(=O)NCCOC)cc1OCC. The van der Waals surface area contributed by atoms with Gasteiger partial charge < -0.3 is 19.5 Å². The molecule has 0 aromatic heterocycles. The lowest BCUT2D eigenvalue weighted by atomic mass is 10.2. The van der Waals surface area contributed by atoms with Crippen LogP contribution in [0.25, 0.3) is 0 Å². The Bertz CT molecular complexity index is 930. The second-order valence-electron chi connectivity index (χ2n) is 5.87. The van der Waals surface area contributed by atoms with Crippen molar-refractivity contribution in [3.05, 3.63) is 48.0 Å². The molecule has 8 nitrogen and oxygen atoms in total. The number of para-hydroxylation sites is 1. The minimum absolute atomic E-state index is 0.000928. The number of amides is 1. The zero-order valence-electron chi connectivity index (χ0n) is 16.7. The smallest absolute Gasteiger partial charge is 0.262 e. The third-order valence-electron chi connectivity index (χ3n) is 3.83. The standard InChI is InChI=1S/C20H26N2O6S/c1-4-27-18-11-10-15(14-19(18)28-5-2)29(24,25)22-17-9-7-6-8-16(17)20(23)21-12-13-26-3/h6-11,14,22H,4-5,12-13H2,1-3H3,(H,21,23). The highest BCUT2D eigenvalue weighted by Crippen LogP contribution is 2.31. The minimum Gasteiger partial charge on any atom is -0.490 e. The van der Waals surface area contributed by atoms with Crippen molar-refractivity contribution >= 4 is 21.6 Å². The first-order chi connectivity index (χ1) is 13.9. The second-order valence-corrected chi connectivity index (χ2v) is 7.56. The average Bonchev–Trinajstić information content (AvgIpc) is 2.70. The summed E-state index contributed by atoms with van der Waals surface area (Å²) in [5, 5.41) is 2.68. The summed E-state index contributed by atoms with van der Waals surface area (Å²) in [6.07, 6.45) is 0. The first-order valence-corrected chi connectivity index (χ1v) is 10.7. The fourth-order valence-electron chi connectivity index (χ4n) is 2.53. The summed E-state index contributed by atoms with van der Waals surface area (Å²) in [6.45, 7) is 5.08. The van der Waals surface area contributed by atoms with Crippen molar-refractivity contribution in [2.45, 2.75) is 18.7 Å². The zero-order valence-corrected chi connectivity index (χ0v) is 17.5. The average molecular weight is 423 g/mol. The molecule has 0 aliphatic rings. The van der Waals surface area contributed by atoms with E-state index >= 15 is 0 Å². The molecule has 29 heavy (non-hydrogen) atoms. The maximum Gasteiger partial charge on any atom is 0.262 e. The number of ether oxygens (including phenoxy) is 3. The van der Waals surface area contributed by atoms with Gasteiger partial charge in [0, 0.05) is 19.7 Å². The summed E-state index contributed by atoms with van der Waals surface area (Å²) in [7, 11) is -2.43. The van der Waals surface area contributed by atoms with Gasteiger partial charge in [-0.2, -0.15) is 0 Å². The van der Waals surface area contributed by atoms with Gasteiger partial charge in [-0.25, -0.2) is 8.42 Å². The topological polar surface area (TPSA) is 103 Å². The van der Waals surface area contributed by atoms with Gasteiger partial charge >= 0.3 is 0 Å². The lowest BCUT2D eigenvalue weighted by Gasteiger charge is -2.15. The van der Waals surface area contributed by atoms with Crippen LogP contribution in [0.4, 0.5) is 5.69 Å². The maximum absolute atomic E-state index is 12.9. The van der Waals surface area contributed by atoms with Crippen LogP contribution in [-0.4, -0.2) is 47.8 Å². The lowest BCUT2D eigenvalue weighted by molar-refractivity contribution is 0.0938. The number of anilines is 1. The maximum atomic E-state index is 12.9. The molecular weight excluding hydrogens is 396 g/mol. The molecule has 0 atom stereocenters. The zero-order chi connectivity index (χ0) is 21.3. The van der Waals surface area contributed by atoms with Crippen molar-refractivity contribution in [1.82, 2.24) is 5.32 Å². The molecule has 0 heterocycles. The molecule has 2 N–H and O–H groups in total. The number of sulfonamides is 1. The van der Waals surface area contributed by atoms with E-state index < -0.39 is 15.9 Å². The quantitative estimate of drug-likeness (QED) is 0.540. The molecule has 1 amide bonds. The Morgan fingerprint density at radius 3 is 2.38 bits per heavy atom. The van der Waals surface area contributed by atoms with Gasteiger partial charge in [-0.1, -0.05) is 12.1 Å². The normalized spacial score (nSPS) is 11.0. The highest BCUT2D eigenvalue weighted by atomic mass is 32.2. The Morgan fingerprint density at radius 2 is 1.69 bits per heavy atom. The molecule has 0 radical (unpaired) electrons. The van der Waals surface area contributed by atoms with Gasteiger partial charge in [0.05, 0.1) is 36.0 Å². The molecule has 0 unspecified atom stereocenters. The van der Waals surface area contributed by atoms with Crippen LogP contribution >= 0.6 is 0 Å². The summed E-state index contributed by atoms with van der Waals surface area (Å²) in [4.78, 5) is 12.4. The first-order valence-electron chi connectivity index (χ1n) is 9.21. The molecule has 158 valence electrons. The van der Waals surface area contributed by atoms with Crippen molar-refractivity contribution in [2.24, 2.45) is 0 Å². The molecule has 0 spiro atoms. The third kappa shape index (κ3) is 6.10. The predicted octanol–water partition coefficient (Wildman–Crippen LogP) is 2.66. The van der Waals surface area contributed by atoms with E-state index in [4.69, 9.17) is 14.2 Å². The fraction of sp³-hybridized carbons (Fsp3) is 0.350. The van der Waals surface area contributed by atoms with Crippen molar-refractivity contribution in [3.8, 4) is 11.5 Å². The summed E-state index contributed by atoms with van der Waals surface area (Å²) in [6, 6.07) is 10.8. The van der Waals surface area contributed by atoms with E-state index in [1.165, 1.54) is 25.3 Å². The highest BCUT2D eigenvalue weighted by Gasteiger charge is 2.20. The third-order valence-corrected chi connectivity index (χ3v) is 5.20. The molecule has 0 saturated heterocycles. The van der Waals surface area contributed by atoms with Crippen LogP contribution in [-0.2, 0) is 14.8 Å². The van der Waals surface area contributed by atoms with E-state index in [9.17, 15) is 13.2 Å². The van der Waals surface area contributed by atoms with Crippen LogP contribution in [0, 0.1) is 0 Å². The molecule has 0 saturated carbocycles. The van der Waals surface area contributed by atoms with Crippen LogP contribution in [0.2, 0.25) is 0 Å². The molecule has 0 bridgehead atoms. The summed E-state index contributed by atoms with van der Waals surface area (Å²) >= 11 is 0. The summed E-state index contributed by atoms with van der Waals surface area (Å²) < 4.78 is 44.2. The van der Waals surface area contributed by atoms with Gasteiger partial charge in [-0.15, -0.1) is 0 Å². The minimum atomic E-state index is -3.96. The lowest BCUT2D eigenvalue weighted by Crippen LogP contribution is -2.28. The number of nitrogens with one attached hydrogen (secondary N) is 2. The number of carbonyl (C=O) groups is 1. The largest absolute Gasteiger partial charge is 0.490 e. The number of carbonyl (C=O) groups excluding carboxylic acids is 1. The van der Waals surface area contributed by atoms with Gasteiger partial charge in [0.2, 0.25) is 0 Å². The van der Waals surface area contributed by atoms with E-state index in [0.717, 1.165) is 0 Å². The van der Waals surface area contributed by atoms with Crippen LogP contribution in [0.3, 0.4) is 0 Å². The van der Waals surface area contributed by atoms with Crippen molar-refractivity contribution < 1.29 is 27.4 Å². The number of rotatable bonds is 11. The Hall–Kier alpha value is -2.78. The summed E-state index contributed by atoms with van der Waals surface area (Å²) in [5.74, 6) is 0.399. The van der Waals surface area contributed by atoms with Crippen molar-refractivity contribution in [1.29, 1.82) is 0 Å². The molecule has 2 aromatic carbocycles. The molecular formula is C20H26N2O6S. The Morgan fingerprint density at radius 1 is 1.00 bits per heavy atom. The van der Waals surface area contributed by atoms with E-state index in [2.05, 4.69) is 10.0 Å². The van der Waals surface area contributed by atoms with Crippen LogP contribution in [0.1, 0.15) is 24.2 Å². The Kier molecular flexibility index (Phi) is 8.29. The van der Waals surface area contributed by atoms with E-state index in [-0.39, 0.29) is 16.1 Å². The number of benzene rings is 2. The molecule has 2 rings (SSSR count). The first kappa shape index (κ1) is 22.5. The van der Waals surface area contributed by atoms with Gasteiger partial charge in [-0.05, 0) is 38.1 Å². The highest BCUT2D eigenvalue weighted by molar-refractivity contribution is 7.92.